The molecule has 0 radical (unpaired) electrons. The van der Waals surface area contributed by atoms with Crippen LogP contribution in [0, 0.1) is 41.4 Å². The van der Waals surface area contributed by atoms with E-state index in [-0.39, 0.29) is 101 Å². The number of carbonyl (C=O) groups is 14. The maximum Gasteiger partial charge on any atom is 0.305 e. The monoisotopic (exact) mass is 1420 g/mol. The Balaban J connectivity index is 1.77. The van der Waals surface area contributed by atoms with Crippen LogP contribution in [0.1, 0.15) is 169 Å². The Labute approximate surface area is 588 Å². The summed E-state index contributed by atoms with van der Waals surface area (Å²) in [6.45, 7) is 14.6. The van der Waals surface area contributed by atoms with Crippen LogP contribution in [0.15, 0.2) is 47.8 Å². The minimum absolute atomic E-state index is 0.0199. The highest BCUT2D eigenvalue weighted by molar-refractivity contribution is 8.14. The van der Waals surface area contributed by atoms with Gasteiger partial charge in [-0.25, -0.2) is 4.98 Å². The summed E-state index contributed by atoms with van der Waals surface area (Å²) in [5.41, 5.74) is 18.8. The number of rotatable bonds is 33. The van der Waals surface area contributed by atoms with Crippen molar-refractivity contribution in [3.63, 3.8) is 0 Å². The van der Waals surface area contributed by atoms with Crippen LogP contribution in [0.4, 0.5) is 0 Å². The molecule has 100 heavy (non-hydrogen) atoms. The summed E-state index contributed by atoms with van der Waals surface area (Å²) in [6.07, 6.45) is 0.0331. The number of H-pyrrole nitrogens is 1. The quantitative estimate of drug-likeness (QED) is 0.0482. The highest BCUT2D eigenvalue weighted by atomic mass is 32.2. The van der Waals surface area contributed by atoms with Crippen molar-refractivity contribution in [2.45, 2.75) is 225 Å². The SMILES string of the molecule is CC[C@H](C)[C@H](N)C1=N[C@H](C(=O)C[C@@H](CC(C)C)C(=O)N[C@H](CCC(=O)O)C(=O)C[C@H](C(=O)N[C@H]2CCCCNC(=O)[C@H](CC(N)=O)NC(=O)[C@@H](CC(=O)O)NC(=O)[C@H](Cc3cnc[nH]3)NC(=O)[C@@H](Cc3ccccc3)NC(=O)[C@H]([C@@H](C)CC)NC(=O)[C@@H](CCCN)CC2=O)[C@@H](C)CC)CS1. The molecule has 15 atom stereocenters. The van der Waals surface area contributed by atoms with E-state index in [0.717, 1.165) is 6.42 Å². The number of nitrogens with zero attached hydrogens (tertiary/aromatic N) is 2. The van der Waals surface area contributed by atoms with Gasteiger partial charge >= 0.3 is 11.9 Å². The molecule has 17 N–H and O–H groups in total. The standard InChI is InChI=1S/C69H106N14O16S/c1-9-38(6)45(31-55(86)47(22-23-57(88)89)76-62(93)43(26-37(4)5)29-54(85)52-35-100-69(82-52)59(72)39(7)10-2)63(94)77-46-21-15-16-25-74-64(95)50(32-56(71)87)79-67(98)51(33-58(90)91)80-66(97)49(30-44-34-73-36-75-44)78-65(96)48(27-41-18-13-12-14-19-41)81-68(99)60(40(8)11-3)83-61(92)42(20-17-24-70)28-53(46)84/h12-14,18-19,34,36-40,42-43,45-52,59-60H,9-11,15-17,20-33,35,70,72H2,1-8H3,(H2,71,87)(H,73,75)(H,74,95)(H,76,93)(H,77,94)(H,78,96)(H,79,98)(H,80,97)(H,81,99)(H,83,92)(H,88,89)(H,90,91)/t38-,39-,40-,42-,43+,45-,46-,47+,48+,49-,50-,51+,52-,59-,60-/m0/s1. The number of ketones is 3. The number of carboxylic acid groups (broad SMARTS) is 2. The fourth-order valence-electron chi connectivity index (χ4n) is 11.7. The number of thioether (sulfide) groups is 1. The molecular formula is C69H106N14O16S. The van der Waals surface area contributed by atoms with Gasteiger partial charge in [-0.2, -0.15) is 0 Å². The van der Waals surface area contributed by atoms with E-state index in [1.807, 2.05) is 27.7 Å². The van der Waals surface area contributed by atoms with E-state index >= 15 is 4.79 Å². The number of hydrogen-bond donors (Lipinski definition) is 14. The second-order valence-electron chi connectivity index (χ2n) is 26.9. The van der Waals surface area contributed by atoms with E-state index < -0.39 is 187 Å². The first-order chi connectivity index (χ1) is 47.4. The van der Waals surface area contributed by atoms with Gasteiger partial charge in [0, 0.05) is 80.5 Å². The molecule has 0 unspecified atom stereocenters. The first-order valence-electron chi connectivity index (χ1n) is 34.8. The molecule has 2 aliphatic rings. The Morgan fingerprint density at radius 3 is 1.94 bits per heavy atom. The zero-order chi connectivity index (χ0) is 74.3. The third-order valence-electron chi connectivity index (χ3n) is 18.5. The normalized spacial score (nSPS) is 23.3. The third-order valence-corrected chi connectivity index (χ3v) is 19.6. The van der Waals surface area contributed by atoms with E-state index in [9.17, 15) is 72.5 Å². The fourth-order valence-corrected chi connectivity index (χ4v) is 13.0. The third kappa shape index (κ3) is 27.9. The number of aromatic nitrogens is 2. The lowest BCUT2D eigenvalue weighted by Crippen LogP contribution is -2.61. The number of aliphatic imine (C=N–C) groups is 1. The van der Waals surface area contributed by atoms with E-state index in [4.69, 9.17) is 17.2 Å². The number of aromatic amines is 1. The Morgan fingerprint density at radius 2 is 1.35 bits per heavy atom. The minimum atomic E-state index is -1.93. The predicted molar refractivity (Wildman–Crippen MR) is 373 cm³/mol. The Hall–Kier alpha value is -8.45. The Kier molecular flexibility index (Phi) is 35.8. The van der Waals surface area contributed by atoms with Crippen molar-refractivity contribution in [1.82, 2.24) is 52.5 Å². The molecule has 31 heteroatoms. The molecule has 2 aromatic rings. The van der Waals surface area contributed by atoms with Crippen LogP contribution in [-0.4, -0.2) is 181 Å². The highest BCUT2D eigenvalue weighted by Crippen LogP contribution is 2.29. The molecule has 4 rings (SSSR count). The first kappa shape index (κ1) is 84.0. The van der Waals surface area contributed by atoms with Gasteiger partial charge in [-0.3, -0.25) is 72.1 Å². The average molecular weight is 1420 g/mol. The van der Waals surface area contributed by atoms with Crippen molar-refractivity contribution < 1.29 is 77.3 Å². The van der Waals surface area contributed by atoms with Gasteiger partial charge in [0.2, 0.25) is 53.2 Å². The van der Waals surface area contributed by atoms with Gasteiger partial charge in [0.05, 0.1) is 42.3 Å². The van der Waals surface area contributed by atoms with Crippen molar-refractivity contribution in [2.75, 3.05) is 18.8 Å². The maximum absolute atomic E-state index is 15.0. The molecule has 30 nitrogen and oxygen atoms in total. The number of aliphatic carboxylic acids is 2. The van der Waals surface area contributed by atoms with E-state index in [0.29, 0.717) is 34.9 Å². The summed E-state index contributed by atoms with van der Waals surface area (Å²) in [5, 5.41) is 41.5. The lowest BCUT2D eigenvalue weighted by molar-refractivity contribution is -0.142. The number of benzene rings is 1. The van der Waals surface area contributed by atoms with Crippen LogP contribution in [0.3, 0.4) is 0 Å². The average Bonchev–Trinajstić information content (AvgIpc) is 1.37. The molecule has 3 heterocycles. The van der Waals surface area contributed by atoms with Gasteiger partial charge in [-0.15, -0.1) is 11.8 Å². The lowest BCUT2D eigenvalue weighted by Gasteiger charge is -2.30. The number of amides is 9. The molecule has 0 aliphatic carbocycles. The Morgan fingerprint density at radius 1 is 0.720 bits per heavy atom. The van der Waals surface area contributed by atoms with Gasteiger partial charge < -0.3 is 74.9 Å². The Bertz CT molecular complexity index is 3150. The molecular weight excluding hydrogens is 1310 g/mol. The molecule has 1 fully saturated rings. The molecule has 0 bridgehead atoms. The molecule has 554 valence electrons. The van der Waals surface area contributed by atoms with Gasteiger partial charge in [0.15, 0.2) is 17.3 Å². The van der Waals surface area contributed by atoms with Crippen molar-refractivity contribution in [1.29, 1.82) is 0 Å². The maximum atomic E-state index is 15.0. The molecule has 1 saturated heterocycles. The van der Waals surface area contributed by atoms with Crippen molar-refractivity contribution in [3.8, 4) is 0 Å². The summed E-state index contributed by atoms with van der Waals surface area (Å²) in [6, 6.07) is -3.52. The van der Waals surface area contributed by atoms with Crippen molar-refractivity contribution >= 4 is 99.3 Å². The molecule has 1 aromatic heterocycles. The summed E-state index contributed by atoms with van der Waals surface area (Å²) >= 11 is 1.40. The summed E-state index contributed by atoms with van der Waals surface area (Å²) in [4.78, 5) is 208. The van der Waals surface area contributed by atoms with Crippen molar-refractivity contribution in [2.24, 2.45) is 63.6 Å². The van der Waals surface area contributed by atoms with Crippen LogP contribution in [-0.2, 0) is 80.0 Å². The zero-order valence-electron chi connectivity index (χ0n) is 58.8. The molecule has 0 spiro atoms. The number of primary amides is 1. The number of carboxylic acids is 2. The van der Waals surface area contributed by atoms with Crippen LogP contribution in [0.2, 0.25) is 0 Å². The van der Waals surface area contributed by atoms with Crippen LogP contribution in [0.5, 0.6) is 0 Å². The smallest absolute Gasteiger partial charge is 0.305 e. The number of hydrogen-bond acceptors (Lipinski definition) is 19. The van der Waals surface area contributed by atoms with Crippen LogP contribution in [0.25, 0.3) is 0 Å². The van der Waals surface area contributed by atoms with Crippen LogP contribution >= 0.6 is 11.8 Å². The van der Waals surface area contributed by atoms with Gasteiger partial charge in [-0.1, -0.05) is 105 Å². The van der Waals surface area contributed by atoms with Crippen molar-refractivity contribution in [3.05, 3.63) is 54.1 Å². The van der Waals surface area contributed by atoms with E-state index in [2.05, 4.69) is 57.5 Å². The lowest BCUT2D eigenvalue weighted by atomic mass is 9.83. The number of nitrogens with two attached hydrogens (primary N) is 3. The van der Waals surface area contributed by atoms with Gasteiger partial charge in [0.25, 0.3) is 0 Å². The summed E-state index contributed by atoms with van der Waals surface area (Å²) in [7, 11) is 0. The minimum Gasteiger partial charge on any atom is -0.481 e. The largest absolute Gasteiger partial charge is 0.481 e. The number of Topliss-reactive ketones (excluding diaryl/α,β-unsaturated/α-hetero) is 3. The fraction of sp³-hybridized carbons (Fsp3) is 0.652. The van der Waals surface area contributed by atoms with Gasteiger partial charge in [-0.05, 0) is 80.7 Å². The summed E-state index contributed by atoms with van der Waals surface area (Å²) in [5.74, 6) is -16.8. The van der Waals surface area contributed by atoms with Gasteiger partial charge in [0.1, 0.15) is 36.3 Å². The zero-order valence-corrected chi connectivity index (χ0v) is 59.6. The van der Waals surface area contributed by atoms with Crippen LogP contribution < -0.4 is 59.7 Å². The predicted octanol–water partition coefficient (Wildman–Crippen LogP) is 1.59. The van der Waals surface area contributed by atoms with E-state index in [1.54, 1.807) is 58.0 Å². The number of nitrogens with one attached hydrogen (secondary N) is 9. The second-order valence-corrected chi connectivity index (χ2v) is 27.9. The van der Waals surface area contributed by atoms with E-state index in [1.165, 1.54) is 24.3 Å². The molecule has 1 aromatic carbocycles. The molecule has 9 amide bonds. The molecule has 0 saturated carbocycles. The highest BCUT2D eigenvalue weighted by Gasteiger charge is 2.40. The summed E-state index contributed by atoms with van der Waals surface area (Å²) < 4.78 is 0. The topological polar surface area (TPSA) is 495 Å². The number of carbonyl (C=O) groups excluding carboxylic acids is 12. The first-order valence-corrected chi connectivity index (χ1v) is 35.8. The number of imidazole rings is 1. The molecule has 2 aliphatic heterocycles. The second kappa shape index (κ2) is 42.6.